The molecule has 6 N–H and O–H groups in total. The third kappa shape index (κ3) is 5.17. The summed E-state index contributed by atoms with van der Waals surface area (Å²) < 4.78 is 48.8. The number of carbonyl (C=O) groups excluding carboxylic acids is 2. The molecule has 0 bridgehead atoms. The second-order valence-electron chi connectivity index (χ2n) is 7.81. The number of anilines is 1. The lowest BCUT2D eigenvalue weighted by Crippen LogP contribution is -2.56. The Hall–Kier alpha value is -3.78. The van der Waals surface area contributed by atoms with Gasteiger partial charge in [0.2, 0.25) is 5.88 Å². The van der Waals surface area contributed by atoms with Gasteiger partial charge in [0.15, 0.2) is 0 Å². The van der Waals surface area contributed by atoms with Crippen molar-refractivity contribution in [2.45, 2.75) is 31.0 Å². The lowest BCUT2D eigenvalue weighted by molar-refractivity contribution is 0.0171. The minimum atomic E-state index is -3.22. The molecule has 3 amide bonds. The number of ether oxygens (including phenoxy) is 1. The fourth-order valence-corrected chi connectivity index (χ4v) is 4.22. The lowest BCUT2D eigenvalue weighted by Gasteiger charge is -2.35. The van der Waals surface area contributed by atoms with Crippen LogP contribution in [0.5, 0.6) is 5.88 Å². The molecule has 0 aliphatic heterocycles. The maximum Gasteiger partial charge on any atom is 0.313 e. The first-order valence-electron chi connectivity index (χ1n) is 10.3. The first kappa shape index (κ1) is 24.3. The van der Waals surface area contributed by atoms with Crippen LogP contribution >= 0.6 is 11.3 Å². The van der Waals surface area contributed by atoms with Crippen molar-refractivity contribution in [2.75, 3.05) is 5.32 Å². The summed E-state index contributed by atoms with van der Waals surface area (Å²) in [6.07, 6.45) is 0.975. The second-order valence-corrected chi connectivity index (χ2v) is 8.78. The number of nitrogens with one attached hydrogen (secondary N) is 2. The van der Waals surface area contributed by atoms with E-state index in [1.165, 1.54) is 29.8 Å². The number of nitrogens with zero attached hydrogens (tertiary/aromatic N) is 3. The summed E-state index contributed by atoms with van der Waals surface area (Å²) in [6, 6.07) is 1.16. The van der Waals surface area contributed by atoms with Crippen molar-refractivity contribution < 1.29 is 27.5 Å². The number of benzene rings is 1. The molecule has 14 heteroatoms. The fourth-order valence-electron chi connectivity index (χ4n) is 3.72. The van der Waals surface area contributed by atoms with Crippen LogP contribution in [0.1, 0.15) is 27.3 Å². The van der Waals surface area contributed by atoms with E-state index in [-0.39, 0.29) is 30.3 Å². The number of hydrogen-bond acceptors (Lipinski definition) is 8. The summed E-state index contributed by atoms with van der Waals surface area (Å²) in [6.45, 7) is 0.235. The van der Waals surface area contributed by atoms with Crippen LogP contribution in [0.4, 0.5) is 23.7 Å². The van der Waals surface area contributed by atoms with Gasteiger partial charge in [0.05, 0.1) is 22.8 Å². The Bertz CT molecular complexity index is 1210. The second kappa shape index (κ2) is 9.84. The van der Waals surface area contributed by atoms with E-state index in [1.54, 1.807) is 11.7 Å². The molecule has 0 saturated heterocycles. The average molecular weight is 507 g/mol. The van der Waals surface area contributed by atoms with Crippen molar-refractivity contribution in [1.82, 2.24) is 20.3 Å². The van der Waals surface area contributed by atoms with Crippen molar-refractivity contribution in [2.24, 2.45) is 17.4 Å². The SMILES string of the molecule is NC(=O)N[C@@](c1cc(NC(=O)c2cnc(OCc3cncs3)cn2)ccc1F)(C(F)F)[C@H]1C[C@H]1N. The molecule has 35 heavy (non-hydrogen) atoms. The van der Waals surface area contributed by atoms with Crippen LogP contribution in [0, 0.1) is 11.7 Å². The number of urea groups is 1. The highest BCUT2D eigenvalue weighted by Crippen LogP contribution is 2.49. The zero-order valence-electron chi connectivity index (χ0n) is 18.0. The van der Waals surface area contributed by atoms with Gasteiger partial charge in [0.25, 0.3) is 12.3 Å². The van der Waals surface area contributed by atoms with Crippen LogP contribution in [0.3, 0.4) is 0 Å². The molecular weight excluding hydrogens is 487 g/mol. The van der Waals surface area contributed by atoms with E-state index in [9.17, 15) is 22.8 Å². The van der Waals surface area contributed by atoms with Gasteiger partial charge >= 0.3 is 6.03 Å². The van der Waals surface area contributed by atoms with Gasteiger partial charge in [0.1, 0.15) is 23.7 Å². The number of hydrogen-bond donors (Lipinski definition) is 4. The van der Waals surface area contributed by atoms with Gasteiger partial charge in [0, 0.05) is 29.4 Å². The largest absolute Gasteiger partial charge is 0.471 e. The summed E-state index contributed by atoms with van der Waals surface area (Å²) in [5, 5.41) is 4.46. The van der Waals surface area contributed by atoms with Crippen molar-refractivity contribution in [3.05, 3.63) is 64.3 Å². The summed E-state index contributed by atoms with van der Waals surface area (Å²) in [7, 11) is 0. The Balaban J connectivity index is 1.53. The van der Waals surface area contributed by atoms with Crippen molar-refractivity contribution >= 4 is 29.0 Å². The Morgan fingerprint density at radius 1 is 1.26 bits per heavy atom. The molecule has 1 aliphatic carbocycles. The highest BCUT2D eigenvalue weighted by molar-refractivity contribution is 7.09. The average Bonchev–Trinajstić information content (AvgIpc) is 3.32. The van der Waals surface area contributed by atoms with Crippen molar-refractivity contribution in [3.8, 4) is 5.88 Å². The van der Waals surface area contributed by atoms with E-state index < -0.39 is 47.2 Å². The Morgan fingerprint density at radius 3 is 2.60 bits per heavy atom. The Labute approximate surface area is 200 Å². The number of alkyl halides is 2. The molecule has 0 radical (unpaired) electrons. The van der Waals surface area contributed by atoms with Crippen LogP contribution in [0.25, 0.3) is 0 Å². The number of thiazole rings is 1. The predicted octanol–water partition coefficient (Wildman–Crippen LogP) is 2.38. The number of amides is 3. The third-order valence-electron chi connectivity index (χ3n) is 5.48. The molecule has 1 aromatic carbocycles. The predicted molar refractivity (Wildman–Crippen MR) is 119 cm³/mol. The topological polar surface area (TPSA) is 158 Å². The molecule has 0 spiro atoms. The Morgan fingerprint density at radius 2 is 2.03 bits per heavy atom. The monoisotopic (exact) mass is 507 g/mol. The summed E-state index contributed by atoms with van der Waals surface area (Å²) >= 11 is 1.41. The molecule has 1 fully saturated rings. The molecule has 4 rings (SSSR count). The van der Waals surface area contributed by atoms with Crippen molar-refractivity contribution in [1.29, 1.82) is 0 Å². The van der Waals surface area contributed by atoms with Gasteiger partial charge in [-0.1, -0.05) is 0 Å². The molecule has 3 aromatic rings. The molecule has 0 unspecified atom stereocenters. The normalized spacial score (nSPS) is 18.5. The maximum absolute atomic E-state index is 14.8. The molecule has 2 aromatic heterocycles. The quantitative estimate of drug-likeness (QED) is 0.346. The first-order valence-corrected chi connectivity index (χ1v) is 11.1. The van der Waals surface area contributed by atoms with E-state index in [4.69, 9.17) is 16.2 Å². The molecule has 1 saturated carbocycles. The van der Waals surface area contributed by atoms with E-state index in [0.29, 0.717) is 0 Å². The molecular formula is C21H20F3N7O3S. The van der Waals surface area contributed by atoms with E-state index in [1.807, 2.05) is 5.32 Å². The number of nitrogens with two attached hydrogens (primary N) is 2. The molecule has 184 valence electrons. The maximum atomic E-state index is 14.8. The minimum absolute atomic E-state index is 0.00996. The molecule has 3 atom stereocenters. The zero-order chi connectivity index (χ0) is 25.2. The van der Waals surface area contributed by atoms with Gasteiger partial charge in [-0.2, -0.15) is 0 Å². The lowest BCUT2D eigenvalue weighted by atomic mass is 9.84. The smallest absolute Gasteiger partial charge is 0.313 e. The molecule has 2 heterocycles. The van der Waals surface area contributed by atoms with Crippen LogP contribution in [0.15, 0.2) is 42.3 Å². The number of halogens is 3. The fraction of sp³-hybridized carbons (Fsp3) is 0.286. The number of carbonyl (C=O) groups is 2. The molecule has 1 aliphatic rings. The van der Waals surface area contributed by atoms with E-state index >= 15 is 0 Å². The number of primary amides is 1. The standard InChI is InChI=1S/C21H20F3N7O3S/c22-14-2-1-10(3-12(14)21(19(23)24,31-20(26)33)13-4-15(13)25)30-18(32)16-6-29-17(7-28-16)34-8-11-5-27-9-35-11/h1-3,5-7,9,13,15,19H,4,8,25H2,(H,30,32)(H3,26,31,33)/t13-,15+,21+/m0/s1. The van der Waals surface area contributed by atoms with E-state index in [2.05, 4.69) is 20.3 Å². The van der Waals surface area contributed by atoms with Crippen LogP contribution in [-0.2, 0) is 12.1 Å². The van der Waals surface area contributed by atoms with Gasteiger partial charge in [-0.05, 0) is 24.6 Å². The third-order valence-corrected chi connectivity index (χ3v) is 6.23. The van der Waals surface area contributed by atoms with Crippen LogP contribution < -0.4 is 26.8 Å². The van der Waals surface area contributed by atoms with Gasteiger partial charge in [-0.25, -0.2) is 27.9 Å². The van der Waals surface area contributed by atoms with Crippen LogP contribution in [0.2, 0.25) is 0 Å². The first-order chi connectivity index (χ1) is 16.7. The van der Waals surface area contributed by atoms with Crippen LogP contribution in [-0.4, -0.2) is 39.4 Å². The van der Waals surface area contributed by atoms with Crippen molar-refractivity contribution in [3.63, 3.8) is 0 Å². The van der Waals surface area contributed by atoms with Gasteiger partial charge < -0.3 is 26.8 Å². The summed E-state index contributed by atoms with van der Waals surface area (Å²) in [5.74, 6) is -2.51. The minimum Gasteiger partial charge on any atom is -0.471 e. The summed E-state index contributed by atoms with van der Waals surface area (Å²) in [4.78, 5) is 37.0. The van der Waals surface area contributed by atoms with E-state index in [0.717, 1.165) is 17.0 Å². The highest BCUT2D eigenvalue weighted by atomic mass is 32.1. The molecule has 10 nitrogen and oxygen atoms in total. The highest BCUT2D eigenvalue weighted by Gasteiger charge is 2.59. The van der Waals surface area contributed by atoms with Gasteiger partial charge in [-0.3, -0.25) is 9.78 Å². The number of aromatic nitrogens is 3. The zero-order valence-corrected chi connectivity index (χ0v) is 18.8. The Kier molecular flexibility index (Phi) is 6.84. The summed E-state index contributed by atoms with van der Waals surface area (Å²) in [5.41, 5.74) is 9.45. The number of rotatable bonds is 9. The van der Waals surface area contributed by atoms with Gasteiger partial charge in [-0.15, -0.1) is 11.3 Å².